The number of esters is 1. The Morgan fingerprint density at radius 2 is 1.89 bits per heavy atom. The Bertz CT molecular complexity index is 720. The number of amides is 1. The van der Waals surface area contributed by atoms with Crippen LogP contribution in [0.1, 0.15) is 62.7 Å². The fraction of sp³-hybridized carbons (Fsp3) is 0.571. The summed E-state index contributed by atoms with van der Waals surface area (Å²) in [7, 11) is 0. The zero-order valence-electron chi connectivity index (χ0n) is 16.6. The van der Waals surface area contributed by atoms with E-state index in [-0.39, 0.29) is 5.56 Å². The molecule has 7 nitrogen and oxygen atoms in total. The summed E-state index contributed by atoms with van der Waals surface area (Å²) in [6, 6.07) is 6.99. The third-order valence-electron chi connectivity index (χ3n) is 4.58. The van der Waals surface area contributed by atoms with Gasteiger partial charge in [0.1, 0.15) is 5.54 Å². The molecule has 0 saturated heterocycles. The zero-order chi connectivity index (χ0) is 20.4. The minimum Gasteiger partial charge on any atom is -0.490 e. The van der Waals surface area contributed by atoms with E-state index in [1.165, 1.54) is 0 Å². The molecule has 0 aliphatic heterocycles. The van der Waals surface area contributed by atoms with E-state index < -0.39 is 24.0 Å². The lowest BCUT2D eigenvalue weighted by atomic mass is 9.83. The van der Waals surface area contributed by atoms with Gasteiger partial charge in [-0.25, -0.2) is 4.79 Å². The summed E-state index contributed by atoms with van der Waals surface area (Å²) in [5.41, 5.74) is -0.574. The molecule has 0 spiro atoms. The lowest BCUT2D eigenvalue weighted by Crippen LogP contribution is -2.50. The lowest BCUT2D eigenvalue weighted by Gasteiger charge is -2.31. The molecule has 1 aromatic rings. The van der Waals surface area contributed by atoms with Crippen LogP contribution in [0.15, 0.2) is 18.2 Å². The van der Waals surface area contributed by atoms with Crippen molar-refractivity contribution in [2.24, 2.45) is 0 Å². The number of ether oxygens (including phenoxy) is 3. The quantitative estimate of drug-likeness (QED) is 0.651. The first-order chi connectivity index (χ1) is 13.5. The topological polar surface area (TPSA) is 97.6 Å². The summed E-state index contributed by atoms with van der Waals surface area (Å²) in [5.74, 6) is -0.0794. The van der Waals surface area contributed by atoms with E-state index in [1.54, 1.807) is 18.2 Å². The van der Waals surface area contributed by atoms with E-state index in [9.17, 15) is 14.9 Å². The largest absolute Gasteiger partial charge is 0.490 e. The van der Waals surface area contributed by atoms with Crippen LogP contribution in [0.5, 0.6) is 11.5 Å². The van der Waals surface area contributed by atoms with Crippen LogP contribution in [0.25, 0.3) is 0 Å². The molecule has 0 aromatic heterocycles. The first-order valence-electron chi connectivity index (χ1n) is 9.82. The maximum atomic E-state index is 12.3. The molecule has 0 atom stereocenters. The molecule has 0 radical (unpaired) electrons. The Balaban J connectivity index is 1.95. The SMILES string of the molecule is CCCOc1ccc(C(=O)OCC(=O)NC2(C#N)CCCCC2)cc1OCC. The number of benzene rings is 1. The average Bonchev–Trinajstić information content (AvgIpc) is 2.72. The molecule has 1 amide bonds. The molecule has 7 heteroatoms. The minimum absolute atomic E-state index is 0.271. The van der Waals surface area contributed by atoms with E-state index in [1.807, 2.05) is 13.8 Å². The number of nitrogens with zero attached hydrogens (tertiary/aromatic N) is 1. The number of nitrogens with one attached hydrogen (secondary N) is 1. The van der Waals surface area contributed by atoms with Gasteiger partial charge in [0, 0.05) is 0 Å². The molecule has 1 aromatic carbocycles. The predicted octanol–water partition coefficient (Wildman–Crippen LogP) is 3.37. The van der Waals surface area contributed by atoms with E-state index in [4.69, 9.17) is 14.2 Å². The maximum Gasteiger partial charge on any atom is 0.338 e. The molecule has 0 bridgehead atoms. The highest BCUT2D eigenvalue weighted by Gasteiger charge is 2.33. The van der Waals surface area contributed by atoms with Crippen molar-refractivity contribution in [2.75, 3.05) is 19.8 Å². The Kier molecular flexibility index (Phi) is 8.12. The highest BCUT2D eigenvalue weighted by Crippen LogP contribution is 2.29. The average molecular weight is 388 g/mol. The summed E-state index contributed by atoms with van der Waals surface area (Å²) in [6.45, 7) is 4.39. The summed E-state index contributed by atoms with van der Waals surface area (Å²) in [6.07, 6.45) is 4.98. The second-order valence-electron chi connectivity index (χ2n) is 6.82. The highest BCUT2D eigenvalue weighted by molar-refractivity contribution is 5.92. The van der Waals surface area contributed by atoms with Crippen LogP contribution in [0.3, 0.4) is 0 Å². The van der Waals surface area contributed by atoms with Gasteiger partial charge in [-0.1, -0.05) is 26.2 Å². The van der Waals surface area contributed by atoms with E-state index in [0.717, 1.165) is 25.7 Å². The standard InChI is InChI=1S/C21H28N2O5/c1-3-12-27-17-9-8-16(13-18(17)26-4-2)20(25)28-14-19(24)23-21(15-22)10-6-5-7-11-21/h8-9,13H,3-7,10-12,14H2,1-2H3,(H,23,24). The molecule has 0 heterocycles. The van der Waals surface area contributed by atoms with Crippen LogP contribution < -0.4 is 14.8 Å². The predicted molar refractivity (Wildman–Crippen MR) is 103 cm³/mol. The van der Waals surface area contributed by atoms with Crippen molar-refractivity contribution in [1.29, 1.82) is 5.26 Å². The van der Waals surface area contributed by atoms with Gasteiger partial charge >= 0.3 is 5.97 Å². The van der Waals surface area contributed by atoms with Gasteiger partial charge in [-0.05, 0) is 44.4 Å². The van der Waals surface area contributed by atoms with Gasteiger partial charge in [0.2, 0.25) is 0 Å². The molecule has 0 unspecified atom stereocenters. The van der Waals surface area contributed by atoms with Gasteiger partial charge in [-0.2, -0.15) is 5.26 Å². The van der Waals surface area contributed by atoms with E-state index in [2.05, 4.69) is 11.4 Å². The normalized spacial score (nSPS) is 15.2. The first kappa shape index (κ1) is 21.5. The zero-order valence-corrected chi connectivity index (χ0v) is 16.6. The molecular formula is C21H28N2O5. The summed E-state index contributed by atoms with van der Waals surface area (Å²) < 4.78 is 16.3. The van der Waals surface area contributed by atoms with Crippen molar-refractivity contribution < 1.29 is 23.8 Å². The molecule has 1 saturated carbocycles. The Morgan fingerprint density at radius 3 is 2.54 bits per heavy atom. The van der Waals surface area contributed by atoms with Gasteiger partial charge in [-0.3, -0.25) is 4.79 Å². The Labute approximate surface area is 166 Å². The monoisotopic (exact) mass is 388 g/mol. The van der Waals surface area contributed by atoms with Gasteiger partial charge in [-0.15, -0.1) is 0 Å². The summed E-state index contributed by atoms with van der Waals surface area (Å²) >= 11 is 0. The maximum absolute atomic E-state index is 12.3. The Morgan fingerprint density at radius 1 is 1.14 bits per heavy atom. The lowest BCUT2D eigenvalue weighted by molar-refractivity contribution is -0.125. The van der Waals surface area contributed by atoms with Gasteiger partial charge in [0.05, 0.1) is 24.8 Å². The van der Waals surface area contributed by atoms with Crippen molar-refractivity contribution in [1.82, 2.24) is 5.32 Å². The van der Waals surface area contributed by atoms with Crippen molar-refractivity contribution in [2.45, 2.75) is 57.9 Å². The number of carbonyl (C=O) groups is 2. The molecule has 28 heavy (non-hydrogen) atoms. The smallest absolute Gasteiger partial charge is 0.338 e. The second kappa shape index (κ2) is 10.5. The third kappa shape index (κ3) is 5.88. The van der Waals surface area contributed by atoms with Gasteiger partial charge in [0.15, 0.2) is 18.1 Å². The Hall–Kier alpha value is -2.75. The van der Waals surface area contributed by atoms with Crippen LogP contribution in [0.4, 0.5) is 0 Å². The van der Waals surface area contributed by atoms with Crippen LogP contribution in [0, 0.1) is 11.3 Å². The molecular weight excluding hydrogens is 360 g/mol. The second-order valence-corrected chi connectivity index (χ2v) is 6.82. The number of hydrogen-bond acceptors (Lipinski definition) is 6. The van der Waals surface area contributed by atoms with Crippen molar-refractivity contribution >= 4 is 11.9 Å². The number of hydrogen-bond donors (Lipinski definition) is 1. The number of rotatable bonds is 9. The first-order valence-corrected chi connectivity index (χ1v) is 9.82. The molecule has 1 aliphatic carbocycles. The molecule has 1 aliphatic rings. The van der Waals surface area contributed by atoms with Crippen LogP contribution >= 0.6 is 0 Å². The molecule has 1 N–H and O–H groups in total. The number of nitriles is 1. The minimum atomic E-state index is -0.845. The summed E-state index contributed by atoms with van der Waals surface area (Å²) in [4.78, 5) is 24.5. The molecule has 152 valence electrons. The van der Waals surface area contributed by atoms with E-state index in [0.29, 0.717) is 37.6 Å². The number of carbonyl (C=O) groups excluding carboxylic acids is 2. The highest BCUT2D eigenvalue weighted by atomic mass is 16.5. The van der Waals surface area contributed by atoms with Gasteiger partial charge in [0.25, 0.3) is 5.91 Å². The molecule has 1 fully saturated rings. The van der Waals surface area contributed by atoms with Crippen molar-refractivity contribution in [3.05, 3.63) is 23.8 Å². The van der Waals surface area contributed by atoms with Crippen molar-refractivity contribution in [3.63, 3.8) is 0 Å². The fourth-order valence-electron chi connectivity index (χ4n) is 3.17. The van der Waals surface area contributed by atoms with Crippen LogP contribution in [-0.2, 0) is 9.53 Å². The van der Waals surface area contributed by atoms with Crippen molar-refractivity contribution in [3.8, 4) is 17.6 Å². The van der Waals surface area contributed by atoms with Crippen LogP contribution in [0.2, 0.25) is 0 Å². The van der Waals surface area contributed by atoms with Gasteiger partial charge < -0.3 is 19.5 Å². The fourth-order valence-corrected chi connectivity index (χ4v) is 3.17. The summed E-state index contributed by atoms with van der Waals surface area (Å²) in [5, 5.41) is 12.1. The molecule has 2 rings (SSSR count). The third-order valence-corrected chi connectivity index (χ3v) is 4.58. The van der Waals surface area contributed by atoms with E-state index >= 15 is 0 Å². The van der Waals surface area contributed by atoms with Crippen LogP contribution in [-0.4, -0.2) is 37.2 Å².